The summed E-state index contributed by atoms with van der Waals surface area (Å²) in [7, 11) is 0. The number of aryl methyl sites for hydroxylation is 2. The molecule has 7 nitrogen and oxygen atoms in total. The monoisotopic (exact) mass is 463 g/mol. The van der Waals surface area contributed by atoms with E-state index in [9.17, 15) is 4.79 Å². The zero-order valence-electron chi connectivity index (χ0n) is 18.7. The molecule has 0 fully saturated rings. The number of benzene rings is 2. The molecule has 0 unspecified atom stereocenters. The molecule has 0 spiro atoms. The second-order valence-electron chi connectivity index (χ2n) is 7.72. The predicted octanol–water partition coefficient (Wildman–Crippen LogP) is 4.87. The van der Waals surface area contributed by atoms with Crippen molar-refractivity contribution < 1.29 is 9.53 Å². The van der Waals surface area contributed by atoms with Gasteiger partial charge < -0.3 is 10.1 Å². The van der Waals surface area contributed by atoms with Crippen LogP contribution in [0.5, 0.6) is 5.75 Å². The van der Waals surface area contributed by atoms with Gasteiger partial charge in [-0.2, -0.15) is 10.2 Å². The van der Waals surface area contributed by atoms with Gasteiger partial charge in [-0.25, -0.2) is 4.68 Å². The molecule has 8 heteroatoms. The minimum atomic E-state index is -0.215. The van der Waals surface area contributed by atoms with Crippen molar-refractivity contribution >= 4 is 17.5 Å². The van der Waals surface area contributed by atoms with Gasteiger partial charge in [0.2, 0.25) is 0 Å². The van der Waals surface area contributed by atoms with Crippen LogP contribution in [-0.2, 0) is 13.3 Å². The van der Waals surface area contributed by atoms with Crippen molar-refractivity contribution in [2.75, 3.05) is 6.54 Å². The van der Waals surface area contributed by atoms with Crippen LogP contribution in [0.1, 0.15) is 28.3 Å². The number of aromatic nitrogens is 4. The third kappa shape index (κ3) is 5.62. The molecule has 1 N–H and O–H groups in total. The molecular weight excluding hydrogens is 438 g/mol. The van der Waals surface area contributed by atoms with E-state index in [-0.39, 0.29) is 12.6 Å². The third-order valence-electron chi connectivity index (χ3n) is 5.32. The Morgan fingerprint density at radius 3 is 2.42 bits per heavy atom. The molecule has 0 aliphatic heterocycles. The molecular formula is C25H26ClN5O2. The number of nitrogens with zero attached hydrogens (tertiary/aromatic N) is 4. The van der Waals surface area contributed by atoms with Crippen LogP contribution in [0.3, 0.4) is 0 Å². The fourth-order valence-corrected chi connectivity index (χ4v) is 3.62. The van der Waals surface area contributed by atoms with Crippen LogP contribution in [-0.4, -0.2) is 32.0 Å². The Bertz CT molecular complexity index is 1220. The van der Waals surface area contributed by atoms with Crippen molar-refractivity contribution in [1.29, 1.82) is 0 Å². The van der Waals surface area contributed by atoms with Crippen molar-refractivity contribution in [2.45, 2.75) is 33.5 Å². The second kappa shape index (κ2) is 10.4. The van der Waals surface area contributed by atoms with Gasteiger partial charge in [-0.1, -0.05) is 54.1 Å². The highest BCUT2D eigenvalue weighted by Gasteiger charge is 2.11. The average molecular weight is 464 g/mol. The van der Waals surface area contributed by atoms with Gasteiger partial charge in [-0.3, -0.25) is 9.48 Å². The lowest BCUT2D eigenvalue weighted by Gasteiger charge is -2.08. The van der Waals surface area contributed by atoms with Crippen LogP contribution in [0.25, 0.3) is 11.1 Å². The molecule has 0 atom stereocenters. The zero-order chi connectivity index (χ0) is 23.2. The maximum absolute atomic E-state index is 12.4. The summed E-state index contributed by atoms with van der Waals surface area (Å²) >= 11 is 6.17. The first-order valence-electron chi connectivity index (χ1n) is 10.8. The first-order chi connectivity index (χ1) is 16.0. The molecule has 0 saturated carbocycles. The number of hydrogen-bond donors (Lipinski definition) is 1. The van der Waals surface area contributed by atoms with E-state index in [1.54, 1.807) is 16.9 Å². The third-order valence-corrected chi connectivity index (χ3v) is 5.87. The van der Waals surface area contributed by atoms with Crippen molar-refractivity contribution in [1.82, 2.24) is 24.9 Å². The highest BCUT2D eigenvalue weighted by atomic mass is 35.5. The Hall–Kier alpha value is -3.58. The van der Waals surface area contributed by atoms with Gasteiger partial charge >= 0.3 is 0 Å². The maximum Gasteiger partial charge on any atom is 0.271 e. The number of halogens is 1. The number of ether oxygens (including phenoxy) is 1. The largest absolute Gasteiger partial charge is 0.471 e. The summed E-state index contributed by atoms with van der Waals surface area (Å²) in [4.78, 5) is 12.4. The quantitative estimate of drug-likeness (QED) is 0.359. The van der Waals surface area contributed by atoms with Crippen molar-refractivity contribution in [3.8, 4) is 16.9 Å². The average Bonchev–Trinajstić information content (AvgIpc) is 3.42. The van der Waals surface area contributed by atoms with E-state index >= 15 is 0 Å². The first-order valence-corrected chi connectivity index (χ1v) is 11.2. The summed E-state index contributed by atoms with van der Waals surface area (Å²) in [5.74, 6) is 0.521. The molecule has 0 radical (unpaired) electrons. The molecule has 2 aromatic carbocycles. The van der Waals surface area contributed by atoms with Crippen LogP contribution in [0.15, 0.2) is 66.9 Å². The number of carbonyl (C=O) groups excluding carboxylic acids is 1. The van der Waals surface area contributed by atoms with Crippen LogP contribution in [0.2, 0.25) is 5.02 Å². The second-order valence-corrected chi connectivity index (χ2v) is 8.10. The number of rotatable bonds is 9. The van der Waals surface area contributed by atoms with Crippen LogP contribution in [0, 0.1) is 13.8 Å². The Kier molecular flexibility index (Phi) is 7.10. The molecule has 4 aromatic rings. The van der Waals surface area contributed by atoms with Gasteiger partial charge in [0.05, 0.1) is 16.4 Å². The highest BCUT2D eigenvalue weighted by molar-refractivity contribution is 6.31. The molecule has 2 aromatic heterocycles. The smallest absolute Gasteiger partial charge is 0.271 e. The highest BCUT2D eigenvalue weighted by Crippen LogP contribution is 2.22. The predicted molar refractivity (Wildman–Crippen MR) is 128 cm³/mol. The summed E-state index contributed by atoms with van der Waals surface area (Å²) in [5.41, 5.74) is 4.40. The fourth-order valence-electron chi connectivity index (χ4n) is 3.48. The minimum absolute atomic E-state index is 0.215. The van der Waals surface area contributed by atoms with Crippen LogP contribution in [0.4, 0.5) is 0 Å². The Balaban J connectivity index is 1.23. The van der Waals surface area contributed by atoms with E-state index in [2.05, 4.69) is 27.6 Å². The SMILES string of the molecule is Cc1nn(CCCNC(=O)c2ccn(COc3ccc(-c4ccccc4)cc3)n2)c(C)c1Cl. The Morgan fingerprint density at radius 2 is 1.73 bits per heavy atom. The maximum atomic E-state index is 12.4. The Labute approximate surface area is 197 Å². The van der Waals surface area contributed by atoms with Gasteiger partial charge in [0.1, 0.15) is 11.4 Å². The van der Waals surface area contributed by atoms with Gasteiger partial charge in [0.25, 0.3) is 5.91 Å². The lowest BCUT2D eigenvalue weighted by atomic mass is 10.1. The normalized spacial score (nSPS) is 10.9. The molecule has 1 amide bonds. The van der Waals surface area contributed by atoms with Gasteiger partial charge in [0, 0.05) is 19.3 Å². The number of amides is 1. The molecule has 170 valence electrons. The number of carbonyl (C=O) groups is 1. The summed E-state index contributed by atoms with van der Waals surface area (Å²) in [6.45, 7) is 5.24. The van der Waals surface area contributed by atoms with E-state index in [0.29, 0.717) is 23.8 Å². The van der Waals surface area contributed by atoms with Gasteiger partial charge in [0.15, 0.2) is 6.73 Å². The van der Waals surface area contributed by atoms with E-state index < -0.39 is 0 Å². The summed E-state index contributed by atoms with van der Waals surface area (Å²) in [6.07, 6.45) is 2.47. The van der Waals surface area contributed by atoms with Gasteiger partial charge in [-0.15, -0.1) is 0 Å². The molecule has 0 bridgehead atoms. The molecule has 0 saturated heterocycles. The number of nitrogens with one attached hydrogen (secondary N) is 1. The first kappa shape index (κ1) is 22.6. The number of hydrogen-bond acceptors (Lipinski definition) is 4. The van der Waals surface area contributed by atoms with Crippen molar-refractivity contribution in [2.24, 2.45) is 0 Å². The van der Waals surface area contributed by atoms with E-state index in [4.69, 9.17) is 16.3 Å². The van der Waals surface area contributed by atoms with Crippen LogP contribution < -0.4 is 10.1 Å². The minimum Gasteiger partial charge on any atom is -0.471 e. The molecule has 4 rings (SSSR count). The van der Waals surface area contributed by atoms with Crippen LogP contribution >= 0.6 is 11.6 Å². The summed E-state index contributed by atoms with van der Waals surface area (Å²) in [5, 5.41) is 12.3. The lowest BCUT2D eigenvalue weighted by molar-refractivity contribution is 0.0945. The lowest BCUT2D eigenvalue weighted by Crippen LogP contribution is -2.26. The van der Waals surface area contributed by atoms with Crippen molar-refractivity contribution in [3.63, 3.8) is 0 Å². The van der Waals surface area contributed by atoms with Gasteiger partial charge in [-0.05, 0) is 49.6 Å². The molecule has 0 aliphatic carbocycles. The van der Waals surface area contributed by atoms with E-state index in [1.807, 2.05) is 61.0 Å². The van der Waals surface area contributed by atoms with E-state index in [1.165, 1.54) is 0 Å². The van der Waals surface area contributed by atoms with Crippen molar-refractivity contribution in [3.05, 3.63) is 89.0 Å². The topological polar surface area (TPSA) is 74.0 Å². The molecule has 2 heterocycles. The standard InChI is InChI=1S/C25H26ClN5O2/c1-18-24(26)19(2)31(28-18)15-6-14-27-25(32)23-13-16-30(29-23)17-33-22-11-9-21(10-12-22)20-7-4-3-5-8-20/h3-5,7-13,16H,6,14-15,17H2,1-2H3,(H,27,32). The van der Waals surface area contributed by atoms with E-state index in [0.717, 1.165) is 34.7 Å². The summed E-state index contributed by atoms with van der Waals surface area (Å²) in [6, 6.07) is 19.7. The molecule has 0 aliphatic rings. The summed E-state index contributed by atoms with van der Waals surface area (Å²) < 4.78 is 9.25. The zero-order valence-corrected chi connectivity index (χ0v) is 19.4. The molecule has 33 heavy (non-hydrogen) atoms. The fraction of sp³-hybridized carbons (Fsp3) is 0.240. The Morgan fingerprint density at radius 1 is 1.00 bits per heavy atom.